The average Bonchev–Trinajstić information content (AvgIpc) is 2.94. The van der Waals surface area contributed by atoms with Gasteiger partial charge in [-0.05, 0) is 32.8 Å². The number of nitrogens with one attached hydrogen (secondary N) is 1. The van der Waals surface area contributed by atoms with Crippen molar-refractivity contribution < 1.29 is 14.2 Å². The third-order valence-corrected chi connectivity index (χ3v) is 4.76. The number of ether oxygens (including phenoxy) is 3. The lowest BCUT2D eigenvalue weighted by Crippen LogP contribution is -2.45. The van der Waals surface area contributed by atoms with Gasteiger partial charge in [-0.15, -0.1) is 0 Å². The molecule has 5 heteroatoms. The summed E-state index contributed by atoms with van der Waals surface area (Å²) in [6, 6.07) is 4.49. The zero-order valence-electron chi connectivity index (χ0n) is 12.6. The van der Waals surface area contributed by atoms with E-state index in [-0.39, 0.29) is 5.60 Å². The van der Waals surface area contributed by atoms with Crippen LogP contribution >= 0.6 is 0 Å². The molecular formula is C16H22N2O3. The predicted octanol–water partition coefficient (Wildman–Crippen LogP) is 1.58. The van der Waals surface area contributed by atoms with Crippen LogP contribution in [0.2, 0.25) is 0 Å². The Morgan fingerprint density at radius 3 is 2.81 bits per heavy atom. The molecule has 3 aliphatic heterocycles. The normalized spacial score (nSPS) is 30.3. The molecule has 1 spiro atoms. The summed E-state index contributed by atoms with van der Waals surface area (Å²) < 4.78 is 18.0. The Morgan fingerprint density at radius 1 is 1.19 bits per heavy atom. The van der Waals surface area contributed by atoms with E-state index < -0.39 is 0 Å². The Kier molecular flexibility index (Phi) is 3.01. The number of hydrogen-bond donors (Lipinski definition) is 1. The Hall–Kier alpha value is -1.46. The van der Waals surface area contributed by atoms with E-state index in [1.807, 2.05) is 6.07 Å². The van der Waals surface area contributed by atoms with E-state index in [4.69, 9.17) is 14.2 Å². The number of fused-ring (bicyclic) bond motifs is 3. The summed E-state index contributed by atoms with van der Waals surface area (Å²) in [7, 11) is 4.26. The quantitative estimate of drug-likeness (QED) is 0.850. The first-order valence-corrected chi connectivity index (χ1v) is 7.67. The Bertz CT molecular complexity index is 553. The number of hydrogen-bond acceptors (Lipinski definition) is 5. The fraction of sp³-hybridized carbons (Fsp3) is 0.625. The maximum absolute atomic E-state index is 6.47. The van der Waals surface area contributed by atoms with Gasteiger partial charge >= 0.3 is 0 Å². The van der Waals surface area contributed by atoms with Crippen LogP contribution in [0, 0.1) is 0 Å². The summed E-state index contributed by atoms with van der Waals surface area (Å²) in [5.41, 5.74) is 1.10. The van der Waals surface area contributed by atoms with Gasteiger partial charge in [0.2, 0.25) is 5.75 Å². The van der Waals surface area contributed by atoms with E-state index in [1.165, 1.54) is 5.56 Å². The van der Waals surface area contributed by atoms with Gasteiger partial charge in [0.25, 0.3) is 0 Å². The topological polar surface area (TPSA) is 43.0 Å². The fourth-order valence-corrected chi connectivity index (χ4v) is 3.64. The summed E-state index contributed by atoms with van der Waals surface area (Å²) in [6.45, 7) is 3.11. The molecule has 3 heterocycles. The monoisotopic (exact) mass is 290 g/mol. The van der Waals surface area contributed by atoms with Gasteiger partial charge in [0.05, 0.1) is 0 Å². The maximum atomic E-state index is 6.47. The molecule has 0 aliphatic carbocycles. The Labute approximate surface area is 125 Å². The van der Waals surface area contributed by atoms with Gasteiger partial charge in [-0.2, -0.15) is 0 Å². The van der Waals surface area contributed by atoms with Gasteiger partial charge in [0.15, 0.2) is 11.5 Å². The van der Waals surface area contributed by atoms with Crippen LogP contribution in [-0.2, 0) is 0 Å². The first kappa shape index (κ1) is 13.2. The molecule has 1 fully saturated rings. The van der Waals surface area contributed by atoms with E-state index in [0.717, 1.165) is 43.2 Å². The van der Waals surface area contributed by atoms with Gasteiger partial charge in [-0.25, -0.2) is 0 Å². The zero-order valence-corrected chi connectivity index (χ0v) is 12.6. The third kappa shape index (κ3) is 2.07. The van der Waals surface area contributed by atoms with Crippen molar-refractivity contribution in [3.05, 3.63) is 17.7 Å². The van der Waals surface area contributed by atoms with Gasteiger partial charge in [-0.1, -0.05) is 0 Å². The van der Waals surface area contributed by atoms with Crippen molar-refractivity contribution in [3.63, 3.8) is 0 Å². The second-order valence-corrected chi connectivity index (χ2v) is 6.40. The summed E-state index contributed by atoms with van der Waals surface area (Å²) in [5, 5.41) is 3.44. The highest BCUT2D eigenvalue weighted by Gasteiger charge is 2.45. The summed E-state index contributed by atoms with van der Waals surface area (Å²) in [6.07, 6.45) is 2.06. The van der Waals surface area contributed by atoms with Gasteiger partial charge in [-0.3, -0.25) is 0 Å². The van der Waals surface area contributed by atoms with E-state index in [1.54, 1.807) is 0 Å². The van der Waals surface area contributed by atoms with Crippen LogP contribution in [0.5, 0.6) is 17.2 Å². The molecule has 0 radical (unpaired) electrons. The zero-order chi connectivity index (χ0) is 14.4. The summed E-state index contributed by atoms with van der Waals surface area (Å²) >= 11 is 0. The van der Waals surface area contributed by atoms with E-state index >= 15 is 0 Å². The first-order chi connectivity index (χ1) is 10.2. The molecule has 1 saturated heterocycles. The molecule has 2 unspecified atom stereocenters. The van der Waals surface area contributed by atoms with Gasteiger partial charge < -0.3 is 24.4 Å². The number of nitrogens with zero attached hydrogens (tertiary/aromatic N) is 1. The third-order valence-electron chi connectivity index (χ3n) is 4.76. The van der Waals surface area contributed by atoms with Crippen LogP contribution in [0.15, 0.2) is 12.1 Å². The molecule has 0 aromatic heterocycles. The molecule has 3 aliphatic rings. The first-order valence-electron chi connectivity index (χ1n) is 7.67. The highest BCUT2D eigenvalue weighted by Crippen LogP contribution is 2.52. The molecule has 1 N–H and O–H groups in total. The minimum Gasteiger partial charge on any atom is -0.486 e. The molecule has 1 aromatic rings. The Morgan fingerprint density at radius 2 is 2.05 bits per heavy atom. The maximum Gasteiger partial charge on any atom is 0.204 e. The molecule has 0 saturated carbocycles. The minimum atomic E-state index is -0.113. The van der Waals surface area contributed by atoms with Crippen molar-refractivity contribution in [1.82, 2.24) is 10.2 Å². The number of rotatable bonds is 1. The largest absolute Gasteiger partial charge is 0.486 e. The molecule has 5 nitrogen and oxygen atoms in total. The van der Waals surface area contributed by atoms with Crippen LogP contribution in [0.4, 0.5) is 0 Å². The fourth-order valence-electron chi connectivity index (χ4n) is 3.64. The van der Waals surface area contributed by atoms with Crippen molar-refractivity contribution in [1.29, 1.82) is 0 Å². The lowest BCUT2D eigenvalue weighted by Gasteiger charge is -2.42. The van der Waals surface area contributed by atoms with Crippen LogP contribution in [0.1, 0.15) is 24.4 Å². The van der Waals surface area contributed by atoms with Gasteiger partial charge in [0.1, 0.15) is 18.8 Å². The molecule has 1 aromatic carbocycles. The summed E-state index contributed by atoms with van der Waals surface area (Å²) in [4.78, 5) is 2.28. The number of benzene rings is 1. The molecule has 0 bridgehead atoms. The van der Waals surface area contributed by atoms with Crippen LogP contribution < -0.4 is 19.5 Å². The van der Waals surface area contributed by atoms with Crippen molar-refractivity contribution >= 4 is 0 Å². The average molecular weight is 290 g/mol. The van der Waals surface area contributed by atoms with E-state index in [0.29, 0.717) is 19.3 Å². The van der Waals surface area contributed by atoms with E-state index in [9.17, 15) is 0 Å². The predicted molar refractivity (Wildman–Crippen MR) is 79.3 cm³/mol. The van der Waals surface area contributed by atoms with Gasteiger partial charge in [0, 0.05) is 31.0 Å². The molecular weight excluding hydrogens is 268 g/mol. The van der Waals surface area contributed by atoms with Crippen LogP contribution in [-0.4, -0.2) is 50.9 Å². The summed E-state index contributed by atoms with van der Waals surface area (Å²) in [5.74, 6) is 2.48. The second kappa shape index (κ2) is 4.78. The molecule has 4 rings (SSSR count). The molecule has 114 valence electrons. The van der Waals surface area contributed by atoms with Crippen molar-refractivity contribution in [3.8, 4) is 17.2 Å². The lowest BCUT2D eigenvalue weighted by atomic mass is 9.85. The standard InChI is InChI=1S/C16H22N2O3/c1-18(2)12-9-16(5-6-17-10-16)21-14-11(12)3-4-13-15(14)20-8-7-19-13/h3-4,12,17H,5-10H2,1-2H3. The van der Waals surface area contributed by atoms with Crippen molar-refractivity contribution in [2.75, 3.05) is 40.4 Å². The lowest BCUT2D eigenvalue weighted by molar-refractivity contribution is 0.0226. The van der Waals surface area contributed by atoms with Crippen molar-refractivity contribution in [2.45, 2.75) is 24.5 Å². The highest BCUT2D eigenvalue weighted by atomic mass is 16.6. The van der Waals surface area contributed by atoms with Crippen LogP contribution in [0.3, 0.4) is 0 Å². The van der Waals surface area contributed by atoms with Crippen LogP contribution in [0.25, 0.3) is 0 Å². The highest BCUT2D eigenvalue weighted by molar-refractivity contribution is 5.58. The minimum absolute atomic E-state index is 0.113. The second-order valence-electron chi connectivity index (χ2n) is 6.40. The smallest absolute Gasteiger partial charge is 0.204 e. The molecule has 2 atom stereocenters. The Balaban J connectivity index is 1.82. The van der Waals surface area contributed by atoms with Crippen molar-refractivity contribution in [2.24, 2.45) is 0 Å². The molecule has 21 heavy (non-hydrogen) atoms. The SMILES string of the molecule is CN(C)C1CC2(CCNC2)Oc2c1ccc1c2OCCO1. The van der Waals surface area contributed by atoms with E-state index in [2.05, 4.69) is 30.4 Å². The molecule has 0 amide bonds.